The first-order valence-electron chi connectivity index (χ1n) is 6.88. The molecule has 4 heteroatoms. The van der Waals surface area contributed by atoms with Crippen LogP contribution in [0.15, 0.2) is 18.2 Å². The summed E-state index contributed by atoms with van der Waals surface area (Å²) < 4.78 is 0. The summed E-state index contributed by atoms with van der Waals surface area (Å²) in [6.07, 6.45) is 4.25. The third-order valence-electron chi connectivity index (χ3n) is 5.67. The summed E-state index contributed by atoms with van der Waals surface area (Å²) in [5, 5.41) is 5.00. The van der Waals surface area contributed by atoms with Crippen molar-refractivity contribution >= 4 is 35.6 Å². The molecule has 1 aromatic rings. The van der Waals surface area contributed by atoms with Crippen molar-refractivity contribution in [1.82, 2.24) is 5.32 Å². The molecule has 0 aromatic heterocycles. The van der Waals surface area contributed by atoms with Crippen LogP contribution in [0.4, 0.5) is 0 Å². The van der Waals surface area contributed by atoms with Gasteiger partial charge < -0.3 is 5.32 Å². The average molecular weight is 319 g/mol. The van der Waals surface area contributed by atoms with Gasteiger partial charge in [0.05, 0.1) is 10.0 Å². The van der Waals surface area contributed by atoms with Gasteiger partial charge in [0.25, 0.3) is 0 Å². The molecule has 0 radical (unpaired) electrons. The summed E-state index contributed by atoms with van der Waals surface area (Å²) in [6.45, 7) is 2.30. The fourth-order valence-corrected chi connectivity index (χ4v) is 5.27. The quantitative estimate of drug-likeness (QED) is 0.814. The molecule has 4 unspecified atom stereocenters. The van der Waals surface area contributed by atoms with E-state index in [0.29, 0.717) is 15.5 Å². The van der Waals surface area contributed by atoms with Crippen LogP contribution < -0.4 is 5.32 Å². The molecule has 2 saturated carbocycles. The monoisotopic (exact) mass is 317 g/mol. The number of hydrogen-bond acceptors (Lipinski definition) is 1. The largest absolute Gasteiger partial charge is 0.316 e. The van der Waals surface area contributed by atoms with E-state index in [0.717, 1.165) is 24.3 Å². The molecule has 1 nitrogen and oxygen atoms in total. The van der Waals surface area contributed by atoms with Crippen molar-refractivity contribution in [3.05, 3.63) is 33.8 Å². The highest BCUT2D eigenvalue weighted by Gasteiger charge is 2.60. The molecule has 4 atom stereocenters. The van der Waals surface area contributed by atoms with E-state index in [9.17, 15) is 0 Å². The Hall–Kier alpha value is 0.0500. The summed E-state index contributed by atoms with van der Waals surface area (Å²) in [5.41, 5.74) is 1.76. The van der Waals surface area contributed by atoms with Gasteiger partial charge in [-0.25, -0.2) is 0 Å². The van der Waals surface area contributed by atoms with Crippen molar-refractivity contribution in [2.75, 3.05) is 13.1 Å². The molecule has 3 fully saturated rings. The van der Waals surface area contributed by atoms with Gasteiger partial charge in [0.2, 0.25) is 0 Å². The lowest BCUT2D eigenvalue weighted by Crippen LogP contribution is -2.40. The standard InChI is InChI=1S/C15H17Cl2N.ClH/c16-13-4-3-11(6-14(13)17)15-8-18-7-12(15)9-1-2-10(15)5-9;/h3-4,6,9-10,12,18H,1-2,5,7-8H2;1H. The van der Waals surface area contributed by atoms with Gasteiger partial charge >= 0.3 is 0 Å². The predicted octanol–water partition coefficient (Wildman–Crippen LogP) is 4.30. The lowest BCUT2D eigenvalue weighted by molar-refractivity contribution is 0.225. The van der Waals surface area contributed by atoms with Crippen molar-refractivity contribution in [2.45, 2.75) is 24.7 Å². The fourth-order valence-electron chi connectivity index (χ4n) is 4.97. The van der Waals surface area contributed by atoms with Gasteiger partial charge in [-0.1, -0.05) is 29.3 Å². The maximum atomic E-state index is 6.23. The normalized spacial score (nSPS) is 39.2. The van der Waals surface area contributed by atoms with E-state index >= 15 is 0 Å². The first-order valence-corrected chi connectivity index (χ1v) is 7.63. The Kier molecular flexibility index (Phi) is 3.54. The minimum absolute atomic E-state index is 0. The molecule has 1 aromatic carbocycles. The van der Waals surface area contributed by atoms with Crippen molar-refractivity contribution < 1.29 is 0 Å². The first kappa shape index (κ1) is 14.0. The molecule has 2 bridgehead atoms. The molecule has 2 aliphatic carbocycles. The maximum Gasteiger partial charge on any atom is 0.0595 e. The molecule has 1 heterocycles. The second-order valence-electron chi connectivity index (χ2n) is 6.18. The topological polar surface area (TPSA) is 12.0 Å². The number of halogens is 3. The third kappa shape index (κ3) is 1.78. The van der Waals surface area contributed by atoms with Gasteiger partial charge in [-0.15, -0.1) is 12.4 Å². The van der Waals surface area contributed by atoms with E-state index in [1.807, 2.05) is 6.07 Å². The number of hydrogen-bond donors (Lipinski definition) is 1. The van der Waals surface area contributed by atoms with E-state index in [4.69, 9.17) is 23.2 Å². The zero-order valence-corrected chi connectivity index (χ0v) is 13.0. The molecule has 1 saturated heterocycles. The highest BCUT2D eigenvalue weighted by molar-refractivity contribution is 6.42. The minimum atomic E-state index is 0. The zero-order valence-electron chi connectivity index (χ0n) is 10.7. The van der Waals surface area contributed by atoms with Crippen molar-refractivity contribution in [3.63, 3.8) is 0 Å². The summed E-state index contributed by atoms with van der Waals surface area (Å²) in [5.74, 6) is 2.59. The van der Waals surface area contributed by atoms with Crippen LogP contribution in [0.2, 0.25) is 10.0 Å². The summed E-state index contributed by atoms with van der Waals surface area (Å²) in [6, 6.07) is 6.29. The van der Waals surface area contributed by atoms with Crippen LogP contribution in [-0.4, -0.2) is 13.1 Å². The average Bonchev–Trinajstić information content (AvgIpc) is 3.02. The van der Waals surface area contributed by atoms with E-state index in [1.54, 1.807) is 0 Å². The molecule has 4 rings (SSSR count). The molecular weight excluding hydrogens is 301 g/mol. The Labute approximate surface area is 130 Å². The van der Waals surface area contributed by atoms with Crippen LogP contribution in [0.25, 0.3) is 0 Å². The highest BCUT2D eigenvalue weighted by Crippen LogP contribution is 2.62. The predicted molar refractivity (Wildman–Crippen MR) is 82.6 cm³/mol. The number of rotatable bonds is 1. The second-order valence-corrected chi connectivity index (χ2v) is 6.99. The Morgan fingerprint density at radius 1 is 1.16 bits per heavy atom. The number of fused-ring (bicyclic) bond motifs is 5. The van der Waals surface area contributed by atoms with Gasteiger partial charge in [0.1, 0.15) is 0 Å². The lowest BCUT2D eigenvalue weighted by Gasteiger charge is -2.39. The molecule has 1 aliphatic heterocycles. The Morgan fingerprint density at radius 3 is 2.79 bits per heavy atom. The summed E-state index contributed by atoms with van der Waals surface area (Å²) >= 11 is 12.3. The van der Waals surface area contributed by atoms with E-state index in [2.05, 4.69) is 17.4 Å². The van der Waals surface area contributed by atoms with Gasteiger partial charge in [0, 0.05) is 12.0 Å². The zero-order chi connectivity index (χ0) is 12.3. The van der Waals surface area contributed by atoms with Crippen LogP contribution in [0, 0.1) is 17.8 Å². The molecule has 19 heavy (non-hydrogen) atoms. The van der Waals surface area contributed by atoms with Crippen LogP contribution in [0.3, 0.4) is 0 Å². The Bertz CT molecular complexity index is 504. The van der Waals surface area contributed by atoms with Crippen LogP contribution in [0.1, 0.15) is 24.8 Å². The number of benzene rings is 1. The van der Waals surface area contributed by atoms with Crippen molar-refractivity contribution in [2.24, 2.45) is 17.8 Å². The van der Waals surface area contributed by atoms with Gasteiger partial charge in [-0.2, -0.15) is 0 Å². The second kappa shape index (κ2) is 4.80. The molecule has 0 amide bonds. The lowest BCUT2D eigenvalue weighted by atomic mass is 9.64. The highest BCUT2D eigenvalue weighted by atomic mass is 35.5. The first-order chi connectivity index (χ1) is 8.72. The van der Waals surface area contributed by atoms with Gasteiger partial charge in [0.15, 0.2) is 0 Å². The van der Waals surface area contributed by atoms with E-state index in [-0.39, 0.29) is 12.4 Å². The van der Waals surface area contributed by atoms with Crippen molar-refractivity contribution in [1.29, 1.82) is 0 Å². The van der Waals surface area contributed by atoms with Crippen LogP contribution >= 0.6 is 35.6 Å². The van der Waals surface area contributed by atoms with E-state index < -0.39 is 0 Å². The third-order valence-corrected chi connectivity index (χ3v) is 6.41. The van der Waals surface area contributed by atoms with Gasteiger partial charge in [-0.05, 0) is 61.3 Å². The summed E-state index contributed by atoms with van der Waals surface area (Å²) in [4.78, 5) is 0. The van der Waals surface area contributed by atoms with Gasteiger partial charge in [-0.3, -0.25) is 0 Å². The molecular formula is C15H18Cl3N. The van der Waals surface area contributed by atoms with Crippen molar-refractivity contribution in [3.8, 4) is 0 Å². The number of nitrogens with one attached hydrogen (secondary N) is 1. The Balaban J connectivity index is 0.00000110. The molecule has 1 N–H and O–H groups in total. The van der Waals surface area contributed by atoms with E-state index in [1.165, 1.54) is 31.4 Å². The van der Waals surface area contributed by atoms with Crippen LogP contribution in [-0.2, 0) is 5.41 Å². The smallest absolute Gasteiger partial charge is 0.0595 e. The molecule has 104 valence electrons. The minimum Gasteiger partial charge on any atom is -0.316 e. The fraction of sp³-hybridized carbons (Fsp3) is 0.600. The SMILES string of the molecule is Cl.Clc1ccc(C23CNCC2C2CCC3C2)cc1Cl. The Morgan fingerprint density at radius 2 is 2.00 bits per heavy atom. The van der Waals surface area contributed by atoms with Crippen LogP contribution in [0.5, 0.6) is 0 Å². The summed E-state index contributed by atoms with van der Waals surface area (Å²) in [7, 11) is 0. The maximum absolute atomic E-state index is 6.23. The molecule has 0 spiro atoms. The molecule has 3 aliphatic rings.